The highest BCUT2D eigenvalue weighted by Gasteiger charge is 2.41. The maximum absolute atomic E-state index is 12.5. The van der Waals surface area contributed by atoms with E-state index < -0.39 is 31.3 Å². The van der Waals surface area contributed by atoms with E-state index in [9.17, 15) is 22.4 Å². The average molecular weight is 301 g/mol. The number of Topliss-reactive ketones (excluding diaryl/α,β-unsaturated/α-hetero) is 1. The van der Waals surface area contributed by atoms with Crippen molar-refractivity contribution in [2.45, 2.75) is 12.3 Å². The first-order valence-corrected chi connectivity index (χ1v) is 5.30. The van der Waals surface area contributed by atoms with Crippen LogP contribution in [0, 0.1) is 0 Å². The van der Waals surface area contributed by atoms with Crippen LogP contribution >= 0.6 is 11.6 Å². The van der Waals surface area contributed by atoms with E-state index in [0.717, 1.165) is 0 Å². The molecule has 1 heterocycles. The Morgan fingerprint density at radius 1 is 1.53 bits per heavy atom. The van der Waals surface area contributed by atoms with Crippen molar-refractivity contribution in [2.24, 2.45) is 0 Å². The van der Waals surface area contributed by atoms with Crippen LogP contribution in [0.4, 0.5) is 23.4 Å². The first kappa shape index (κ1) is 15.6. The quantitative estimate of drug-likeness (QED) is 0.647. The smallest absolute Gasteiger partial charge is 0.330 e. The fourth-order valence-electron chi connectivity index (χ4n) is 1.09. The summed E-state index contributed by atoms with van der Waals surface area (Å²) in [5.74, 6) is -5.24. The van der Waals surface area contributed by atoms with E-state index in [1.807, 2.05) is 0 Å². The van der Waals surface area contributed by atoms with Gasteiger partial charge in [0, 0.05) is 6.20 Å². The molecule has 0 aliphatic carbocycles. The lowest BCUT2D eigenvalue weighted by atomic mass is 10.2. The number of nitrogen functional groups attached to an aromatic ring is 1. The van der Waals surface area contributed by atoms with Crippen LogP contribution in [0.15, 0.2) is 12.3 Å². The van der Waals surface area contributed by atoms with E-state index in [0.29, 0.717) is 0 Å². The zero-order valence-electron chi connectivity index (χ0n) is 9.38. The molecule has 0 spiro atoms. The van der Waals surface area contributed by atoms with Gasteiger partial charge in [-0.1, -0.05) is 11.6 Å². The van der Waals surface area contributed by atoms with Crippen LogP contribution in [-0.2, 0) is 4.74 Å². The highest BCUT2D eigenvalue weighted by atomic mass is 35.5. The van der Waals surface area contributed by atoms with E-state index in [2.05, 4.69) is 9.72 Å². The predicted octanol–water partition coefficient (Wildman–Crippen LogP) is 2.42. The fraction of sp³-hybridized carbons (Fsp3) is 0.400. The molecule has 2 N–H and O–H groups in total. The summed E-state index contributed by atoms with van der Waals surface area (Å²) in [5.41, 5.74) is 5.26. The van der Waals surface area contributed by atoms with Gasteiger partial charge in [-0.3, -0.25) is 4.79 Å². The molecule has 1 aromatic heterocycles. The molecule has 0 fully saturated rings. The number of nitrogens with zero attached hydrogens (tertiary/aromatic N) is 1. The minimum atomic E-state index is -4.31. The third kappa shape index (κ3) is 4.32. The van der Waals surface area contributed by atoms with E-state index in [1.165, 1.54) is 12.3 Å². The number of nitrogens with two attached hydrogens (primary N) is 1. The number of anilines is 1. The number of hydrogen-bond acceptors (Lipinski definition) is 4. The lowest BCUT2D eigenvalue weighted by Gasteiger charge is -2.14. The SMILES string of the molecule is Nc1ncc(Cl)cc1C(=O)COCC(F)(F)C(F)F. The number of ketones is 1. The molecule has 106 valence electrons. The Morgan fingerprint density at radius 3 is 2.74 bits per heavy atom. The Labute approximate surface area is 110 Å². The molecule has 0 radical (unpaired) electrons. The summed E-state index contributed by atoms with van der Waals surface area (Å²) >= 11 is 5.58. The summed E-state index contributed by atoms with van der Waals surface area (Å²) in [6, 6.07) is 1.18. The number of pyridine rings is 1. The van der Waals surface area contributed by atoms with Gasteiger partial charge in [-0.2, -0.15) is 8.78 Å². The van der Waals surface area contributed by atoms with Crippen LogP contribution in [0.1, 0.15) is 10.4 Å². The molecular formula is C10H9ClF4N2O2. The monoisotopic (exact) mass is 300 g/mol. The number of carbonyl (C=O) groups is 1. The van der Waals surface area contributed by atoms with Crippen molar-refractivity contribution >= 4 is 23.2 Å². The Kier molecular flexibility index (Phi) is 5.07. The van der Waals surface area contributed by atoms with Gasteiger partial charge in [-0.05, 0) is 6.07 Å². The number of aromatic nitrogens is 1. The van der Waals surface area contributed by atoms with Crippen LogP contribution in [0.5, 0.6) is 0 Å². The average Bonchev–Trinajstić information content (AvgIpc) is 2.31. The van der Waals surface area contributed by atoms with Gasteiger partial charge in [0.1, 0.15) is 19.0 Å². The van der Waals surface area contributed by atoms with E-state index in [4.69, 9.17) is 17.3 Å². The maximum Gasteiger partial charge on any atom is 0.330 e. The minimum absolute atomic E-state index is 0.118. The van der Waals surface area contributed by atoms with Crippen LogP contribution in [-0.4, -0.2) is 36.3 Å². The molecule has 0 atom stereocenters. The highest BCUT2D eigenvalue weighted by molar-refractivity contribution is 6.31. The second-order valence-electron chi connectivity index (χ2n) is 3.56. The van der Waals surface area contributed by atoms with Gasteiger partial charge in [0.05, 0.1) is 10.6 Å². The largest absolute Gasteiger partial charge is 0.383 e. The molecule has 0 saturated heterocycles. The molecule has 0 aliphatic heterocycles. The molecule has 0 bridgehead atoms. The van der Waals surface area contributed by atoms with E-state index in [-0.39, 0.29) is 16.4 Å². The molecule has 0 unspecified atom stereocenters. The first-order chi connectivity index (χ1) is 8.74. The molecule has 0 amide bonds. The third-order valence-corrected chi connectivity index (χ3v) is 2.24. The molecule has 0 aliphatic rings. The summed E-state index contributed by atoms with van der Waals surface area (Å²) in [4.78, 5) is 15.1. The number of halogens is 5. The van der Waals surface area contributed by atoms with Gasteiger partial charge in [0.2, 0.25) is 0 Å². The van der Waals surface area contributed by atoms with Crippen LogP contribution < -0.4 is 5.73 Å². The van der Waals surface area contributed by atoms with Crippen molar-refractivity contribution in [1.82, 2.24) is 4.98 Å². The topological polar surface area (TPSA) is 65.2 Å². The van der Waals surface area contributed by atoms with Crippen LogP contribution in [0.25, 0.3) is 0 Å². The van der Waals surface area contributed by atoms with Gasteiger partial charge >= 0.3 is 12.3 Å². The number of rotatable bonds is 6. The van der Waals surface area contributed by atoms with E-state index in [1.54, 1.807) is 0 Å². The zero-order chi connectivity index (χ0) is 14.6. The molecule has 0 saturated carbocycles. The Morgan fingerprint density at radius 2 is 2.16 bits per heavy atom. The number of hydrogen-bond donors (Lipinski definition) is 1. The lowest BCUT2D eigenvalue weighted by molar-refractivity contribution is -0.163. The zero-order valence-corrected chi connectivity index (χ0v) is 10.1. The fourth-order valence-corrected chi connectivity index (χ4v) is 1.25. The van der Waals surface area contributed by atoms with Crippen LogP contribution in [0.3, 0.4) is 0 Å². The standard InChI is InChI=1S/C10H9ClF4N2O2/c11-5-1-6(8(16)17-2-5)7(18)3-19-4-10(14,15)9(12)13/h1-2,9H,3-4H2,(H2,16,17). The molecule has 1 aromatic rings. The number of alkyl halides is 4. The Hall–Kier alpha value is -1.41. The van der Waals surface area contributed by atoms with Gasteiger partial charge < -0.3 is 10.5 Å². The van der Waals surface area contributed by atoms with Gasteiger partial charge in [-0.15, -0.1) is 0 Å². The summed E-state index contributed by atoms with van der Waals surface area (Å²) in [7, 11) is 0. The molecule has 9 heteroatoms. The van der Waals surface area contributed by atoms with Crippen molar-refractivity contribution in [1.29, 1.82) is 0 Å². The van der Waals surface area contributed by atoms with Crippen molar-refractivity contribution < 1.29 is 27.1 Å². The molecular weight excluding hydrogens is 292 g/mol. The molecule has 4 nitrogen and oxygen atoms in total. The van der Waals surface area contributed by atoms with Gasteiger partial charge in [-0.25, -0.2) is 13.8 Å². The lowest BCUT2D eigenvalue weighted by Crippen LogP contribution is -2.33. The van der Waals surface area contributed by atoms with Crippen molar-refractivity contribution in [3.63, 3.8) is 0 Å². The summed E-state index contributed by atoms with van der Waals surface area (Å²) in [5, 5.41) is 0.121. The highest BCUT2D eigenvalue weighted by Crippen LogP contribution is 2.23. The normalized spacial score (nSPS) is 11.9. The third-order valence-electron chi connectivity index (χ3n) is 2.03. The number of ether oxygens (including phenoxy) is 1. The second kappa shape index (κ2) is 6.16. The summed E-state index contributed by atoms with van der Waals surface area (Å²) in [6.07, 6.45) is -2.67. The maximum atomic E-state index is 12.5. The first-order valence-electron chi connectivity index (χ1n) is 4.92. The van der Waals surface area contributed by atoms with Crippen LogP contribution in [0.2, 0.25) is 5.02 Å². The van der Waals surface area contributed by atoms with Gasteiger partial charge in [0.15, 0.2) is 5.78 Å². The minimum Gasteiger partial charge on any atom is -0.383 e. The predicted molar refractivity (Wildman–Crippen MR) is 59.8 cm³/mol. The Balaban J connectivity index is 2.59. The molecule has 0 aromatic carbocycles. The molecule has 19 heavy (non-hydrogen) atoms. The second-order valence-corrected chi connectivity index (χ2v) is 4.00. The van der Waals surface area contributed by atoms with Gasteiger partial charge in [0.25, 0.3) is 0 Å². The summed E-state index contributed by atoms with van der Waals surface area (Å²) in [6.45, 7) is -2.39. The van der Waals surface area contributed by atoms with Crippen molar-refractivity contribution in [3.8, 4) is 0 Å². The van der Waals surface area contributed by atoms with Crippen molar-refractivity contribution in [2.75, 3.05) is 18.9 Å². The van der Waals surface area contributed by atoms with Crippen molar-refractivity contribution in [3.05, 3.63) is 22.8 Å². The summed E-state index contributed by atoms with van der Waals surface area (Å²) < 4.78 is 52.9. The number of carbonyl (C=O) groups excluding carboxylic acids is 1. The molecule has 1 rings (SSSR count). The van der Waals surface area contributed by atoms with E-state index >= 15 is 0 Å². The Bertz CT molecular complexity index is 471.